The Morgan fingerprint density at radius 2 is 1.93 bits per heavy atom. The van der Waals surface area contributed by atoms with Crippen molar-refractivity contribution in [2.75, 3.05) is 6.26 Å². The van der Waals surface area contributed by atoms with E-state index in [1.807, 2.05) is 18.5 Å². The lowest BCUT2D eigenvalue weighted by atomic mass is 10.1. The number of esters is 1. The molecule has 2 aromatic rings. The number of carbonyl (C=O) groups is 3. The van der Waals surface area contributed by atoms with Gasteiger partial charge in [-0.3, -0.25) is 14.9 Å². The number of rotatable bonds is 6. The van der Waals surface area contributed by atoms with Crippen LogP contribution in [0.3, 0.4) is 0 Å². The van der Waals surface area contributed by atoms with E-state index in [0.29, 0.717) is 27.9 Å². The van der Waals surface area contributed by atoms with Gasteiger partial charge in [-0.1, -0.05) is 25.6 Å². The lowest BCUT2D eigenvalue weighted by Gasteiger charge is -2.20. The van der Waals surface area contributed by atoms with Crippen LogP contribution in [0.4, 0.5) is 4.79 Å². The number of amides is 3. The van der Waals surface area contributed by atoms with Gasteiger partial charge in [0.15, 0.2) is 6.10 Å². The molecule has 0 fully saturated rings. The summed E-state index contributed by atoms with van der Waals surface area (Å²) in [7, 11) is 0. The maximum atomic E-state index is 12.4. The van der Waals surface area contributed by atoms with Crippen LogP contribution in [0, 0.1) is 19.8 Å². The Kier molecular flexibility index (Phi) is 6.37. The molecular weight excluding hydrogens is 372 g/mol. The molecular formula is C16H22N6O4S. The minimum absolute atomic E-state index is 0.0951. The van der Waals surface area contributed by atoms with Crippen LogP contribution < -0.4 is 11.1 Å². The molecule has 0 saturated heterocycles. The Labute approximate surface area is 160 Å². The van der Waals surface area contributed by atoms with E-state index in [2.05, 4.69) is 15.1 Å². The van der Waals surface area contributed by atoms with E-state index in [1.54, 1.807) is 25.3 Å². The first-order chi connectivity index (χ1) is 12.6. The number of carbonyl (C=O) groups excluding carboxylic acids is 3. The van der Waals surface area contributed by atoms with Crippen LogP contribution in [0.1, 0.15) is 30.8 Å². The fourth-order valence-corrected chi connectivity index (χ4v) is 2.88. The number of aryl methyl sites for hydroxylation is 2. The molecule has 1 atom stereocenters. The van der Waals surface area contributed by atoms with Crippen molar-refractivity contribution in [1.82, 2.24) is 24.9 Å². The maximum Gasteiger partial charge on any atom is 0.318 e. The number of aromatic nitrogens is 4. The number of nitrogens with two attached hydrogens (primary N) is 1. The van der Waals surface area contributed by atoms with Gasteiger partial charge < -0.3 is 10.5 Å². The number of ether oxygens (including phenoxy) is 1. The number of primary amides is 1. The summed E-state index contributed by atoms with van der Waals surface area (Å²) in [4.78, 5) is 44.0. The lowest BCUT2D eigenvalue weighted by molar-refractivity contribution is -0.157. The van der Waals surface area contributed by atoms with E-state index >= 15 is 0 Å². The second kappa shape index (κ2) is 8.33. The number of fused-ring (bicyclic) bond motifs is 1. The van der Waals surface area contributed by atoms with Gasteiger partial charge in [0.25, 0.3) is 11.7 Å². The van der Waals surface area contributed by atoms with Crippen LogP contribution in [-0.4, -0.2) is 49.8 Å². The molecule has 0 radical (unpaired) electrons. The lowest BCUT2D eigenvalue weighted by Crippen LogP contribution is -2.45. The third-order valence-corrected chi connectivity index (χ3v) is 4.44. The SMILES string of the molecule is CSc1nc2nc(C)c(CC(=O)OC(C(=O)NC(N)=O)C(C)C)c(C)n2n1. The number of thioether (sulfide) groups is 1. The standard InChI is InChI=1S/C16H22N6O4S/c1-7(2)12(13(24)19-14(17)25)26-11(23)6-10-8(3)18-15-20-16(27-5)21-22(15)9(10)4/h7,12H,6H2,1-5H3,(H3,17,19,24,25). The Morgan fingerprint density at radius 1 is 1.26 bits per heavy atom. The summed E-state index contributed by atoms with van der Waals surface area (Å²) in [6.45, 7) is 6.97. The number of nitrogens with one attached hydrogen (secondary N) is 1. The van der Waals surface area contributed by atoms with Crippen molar-refractivity contribution in [2.45, 2.75) is 45.4 Å². The van der Waals surface area contributed by atoms with Crippen LogP contribution in [0.15, 0.2) is 5.16 Å². The Morgan fingerprint density at radius 3 is 2.48 bits per heavy atom. The Hall–Kier alpha value is -2.69. The van der Waals surface area contributed by atoms with Crippen molar-refractivity contribution >= 4 is 35.4 Å². The summed E-state index contributed by atoms with van der Waals surface area (Å²) in [6, 6.07) is -1.00. The summed E-state index contributed by atoms with van der Waals surface area (Å²) >= 11 is 1.39. The average molecular weight is 394 g/mol. The normalized spacial score (nSPS) is 12.2. The van der Waals surface area contributed by atoms with E-state index in [4.69, 9.17) is 10.5 Å². The first-order valence-electron chi connectivity index (χ1n) is 8.20. The molecule has 11 heteroatoms. The molecule has 0 aliphatic carbocycles. The number of urea groups is 1. The fourth-order valence-electron chi connectivity index (χ4n) is 2.54. The molecule has 0 aromatic carbocycles. The fraction of sp³-hybridized carbons (Fsp3) is 0.500. The zero-order chi connectivity index (χ0) is 20.3. The number of hydrogen-bond donors (Lipinski definition) is 2. The molecule has 0 spiro atoms. The Bertz CT molecular complexity index is 895. The van der Waals surface area contributed by atoms with Gasteiger partial charge in [0.05, 0.1) is 6.42 Å². The van der Waals surface area contributed by atoms with Crippen LogP contribution in [0.5, 0.6) is 0 Å². The molecule has 2 aromatic heterocycles. The minimum atomic E-state index is -1.13. The summed E-state index contributed by atoms with van der Waals surface area (Å²) in [5.74, 6) is -1.26. The van der Waals surface area contributed by atoms with Crippen LogP contribution in [0.25, 0.3) is 5.78 Å². The van der Waals surface area contributed by atoms with E-state index < -0.39 is 24.0 Å². The van der Waals surface area contributed by atoms with Crippen molar-refractivity contribution in [2.24, 2.45) is 11.7 Å². The van der Waals surface area contributed by atoms with Crippen molar-refractivity contribution in [3.63, 3.8) is 0 Å². The number of imide groups is 1. The molecule has 0 saturated carbocycles. The van der Waals surface area contributed by atoms with Gasteiger partial charge in [-0.15, -0.1) is 5.10 Å². The molecule has 1 unspecified atom stereocenters. The predicted molar refractivity (Wildman–Crippen MR) is 98.2 cm³/mol. The van der Waals surface area contributed by atoms with E-state index in [0.717, 1.165) is 0 Å². The summed E-state index contributed by atoms with van der Waals surface area (Å²) < 4.78 is 6.86. The highest BCUT2D eigenvalue weighted by molar-refractivity contribution is 7.98. The minimum Gasteiger partial charge on any atom is -0.452 e. The van der Waals surface area contributed by atoms with Crippen molar-refractivity contribution in [1.29, 1.82) is 0 Å². The van der Waals surface area contributed by atoms with E-state index in [1.165, 1.54) is 11.8 Å². The van der Waals surface area contributed by atoms with Crippen molar-refractivity contribution in [3.05, 3.63) is 17.0 Å². The molecule has 27 heavy (non-hydrogen) atoms. The molecule has 2 heterocycles. The quantitative estimate of drug-likeness (QED) is 0.540. The monoisotopic (exact) mass is 394 g/mol. The van der Waals surface area contributed by atoms with Gasteiger partial charge in [-0.2, -0.15) is 4.98 Å². The maximum absolute atomic E-state index is 12.4. The smallest absolute Gasteiger partial charge is 0.318 e. The summed E-state index contributed by atoms with van der Waals surface area (Å²) in [6.07, 6.45) is 0.636. The highest BCUT2D eigenvalue weighted by Crippen LogP contribution is 2.18. The number of hydrogen-bond acceptors (Lipinski definition) is 8. The molecule has 3 amide bonds. The molecule has 0 bridgehead atoms. The second-order valence-corrected chi connectivity index (χ2v) is 7.03. The first-order valence-corrected chi connectivity index (χ1v) is 9.43. The third-order valence-electron chi connectivity index (χ3n) is 3.90. The zero-order valence-electron chi connectivity index (χ0n) is 15.8. The molecule has 2 rings (SSSR count). The van der Waals surface area contributed by atoms with Crippen LogP contribution >= 0.6 is 11.8 Å². The summed E-state index contributed by atoms with van der Waals surface area (Å²) in [5.41, 5.74) is 6.93. The van der Waals surface area contributed by atoms with Crippen LogP contribution in [0.2, 0.25) is 0 Å². The van der Waals surface area contributed by atoms with Crippen molar-refractivity contribution in [3.8, 4) is 0 Å². The molecule has 146 valence electrons. The highest BCUT2D eigenvalue weighted by Gasteiger charge is 2.28. The largest absolute Gasteiger partial charge is 0.452 e. The molecule has 0 aliphatic rings. The van der Waals surface area contributed by atoms with E-state index in [9.17, 15) is 14.4 Å². The molecule has 10 nitrogen and oxygen atoms in total. The van der Waals surface area contributed by atoms with E-state index in [-0.39, 0.29) is 12.3 Å². The van der Waals surface area contributed by atoms with Crippen molar-refractivity contribution < 1.29 is 19.1 Å². The van der Waals surface area contributed by atoms with Gasteiger partial charge in [-0.25, -0.2) is 14.3 Å². The van der Waals surface area contributed by atoms with Gasteiger partial charge in [0.2, 0.25) is 5.16 Å². The average Bonchev–Trinajstić information content (AvgIpc) is 2.98. The molecule has 3 N–H and O–H groups in total. The van der Waals surface area contributed by atoms with Gasteiger partial charge in [0, 0.05) is 17.0 Å². The molecule has 0 aliphatic heterocycles. The first kappa shape index (κ1) is 20.6. The topological polar surface area (TPSA) is 142 Å². The highest BCUT2D eigenvalue weighted by atomic mass is 32.2. The zero-order valence-corrected chi connectivity index (χ0v) is 16.6. The second-order valence-electron chi connectivity index (χ2n) is 6.26. The van der Waals surface area contributed by atoms with Crippen LogP contribution in [-0.2, 0) is 20.7 Å². The Balaban J connectivity index is 2.23. The third kappa shape index (κ3) is 4.73. The van der Waals surface area contributed by atoms with Gasteiger partial charge in [-0.05, 0) is 26.0 Å². The number of nitrogens with zero attached hydrogens (tertiary/aromatic N) is 4. The van der Waals surface area contributed by atoms with Gasteiger partial charge >= 0.3 is 12.0 Å². The summed E-state index contributed by atoms with van der Waals surface area (Å²) in [5, 5.41) is 6.84. The van der Waals surface area contributed by atoms with Gasteiger partial charge in [0.1, 0.15) is 0 Å². The predicted octanol–water partition coefficient (Wildman–Crippen LogP) is 0.768.